The number of halogens is 2. The Labute approximate surface area is 141 Å². The second-order valence-corrected chi connectivity index (χ2v) is 6.17. The minimum atomic E-state index is -1.20. The molecule has 2 aromatic rings. The van der Waals surface area contributed by atoms with Crippen molar-refractivity contribution in [1.29, 1.82) is 0 Å². The molecular formula is C17H13F2NO3S. The molecule has 0 fully saturated rings. The quantitative estimate of drug-likeness (QED) is 0.798. The van der Waals surface area contributed by atoms with E-state index in [4.69, 9.17) is 4.74 Å². The van der Waals surface area contributed by atoms with Crippen LogP contribution < -0.4 is 4.90 Å². The molecule has 0 atom stereocenters. The first kappa shape index (κ1) is 16.4. The third-order valence-corrected chi connectivity index (χ3v) is 4.57. The van der Waals surface area contributed by atoms with E-state index in [1.54, 1.807) is 17.8 Å². The molecule has 0 aromatic heterocycles. The van der Waals surface area contributed by atoms with Gasteiger partial charge < -0.3 is 9.64 Å². The number of thioether (sulfide) groups is 1. The molecular weight excluding hydrogens is 336 g/mol. The number of esters is 1. The van der Waals surface area contributed by atoms with Gasteiger partial charge in [-0.2, -0.15) is 0 Å². The summed E-state index contributed by atoms with van der Waals surface area (Å²) in [6, 6.07) is 10.5. The van der Waals surface area contributed by atoms with E-state index in [1.807, 2.05) is 18.2 Å². The summed E-state index contributed by atoms with van der Waals surface area (Å²) in [5.41, 5.74) is -0.0493. The van der Waals surface area contributed by atoms with Gasteiger partial charge in [0.15, 0.2) is 6.61 Å². The average molecular weight is 349 g/mol. The topological polar surface area (TPSA) is 46.6 Å². The zero-order chi connectivity index (χ0) is 17.1. The first-order valence-electron chi connectivity index (χ1n) is 7.21. The van der Waals surface area contributed by atoms with Gasteiger partial charge in [-0.1, -0.05) is 18.2 Å². The standard InChI is InChI=1S/C17H13F2NO3S/c18-11-4-3-5-12(19)16(11)17(22)23-10-15(21)20-8-9-24-14-7-2-1-6-13(14)20/h1-7H,8-10H2. The minimum Gasteiger partial charge on any atom is -0.452 e. The molecule has 4 nitrogen and oxygen atoms in total. The first-order valence-corrected chi connectivity index (χ1v) is 8.20. The van der Waals surface area contributed by atoms with Crippen molar-refractivity contribution in [1.82, 2.24) is 0 Å². The summed E-state index contributed by atoms with van der Waals surface area (Å²) in [4.78, 5) is 26.6. The zero-order valence-electron chi connectivity index (χ0n) is 12.5. The summed E-state index contributed by atoms with van der Waals surface area (Å²) in [5, 5.41) is 0. The Bertz CT molecular complexity index is 777. The number of hydrogen-bond donors (Lipinski definition) is 0. The molecule has 0 N–H and O–H groups in total. The van der Waals surface area contributed by atoms with Crippen molar-refractivity contribution in [2.75, 3.05) is 23.8 Å². The fourth-order valence-corrected chi connectivity index (χ4v) is 3.39. The highest BCUT2D eigenvalue weighted by Gasteiger charge is 2.25. The van der Waals surface area contributed by atoms with E-state index in [0.29, 0.717) is 6.54 Å². The van der Waals surface area contributed by atoms with Crippen LogP contribution in [0.3, 0.4) is 0 Å². The number of benzene rings is 2. The van der Waals surface area contributed by atoms with Crippen LogP contribution in [-0.4, -0.2) is 30.8 Å². The number of nitrogens with zero attached hydrogens (tertiary/aromatic N) is 1. The molecule has 0 saturated carbocycles. The first-order chi connectivity index (χ1) is 11.6. The summed E-state index contributed by atoms with van der Waals surface area (Å²) >= 11 is 1.63. The summed E-state index contributed by atoms with van der Waals surface area (Å²) in [6.07, 6.45) is 0. The van der Waals surface area contributed by atoms with Crippen LogP contribution in [0.2, 0.25) is 0 Å². The molecule has 2 aromatic carbocycles. The van der Waals surface area contributed by atoms with E-state index in [0.717, 1.165) is 34.5 Å². The Hall–Kier alpha value is -2.41. The van der Waals surface area contributed by atoms with E-state index in [2.05, 4.69) is 0 Å². The van der Waals surface area contributed by atoms with Crippen LogP contribution in [0.5, 0.6) is 0 Å². The maximum atomic E-state index is 13.5. The van der Waals surface area contributed by atoms with Crippen molar-refractivity contribution in [3.63, 3.8) is 0 Å². The maximum absolute atomic E-state index is 13.5. The number of carbonyl (C=O) groups is 2. The summed E-state index contributed by atoms with van der Waals surface area (Å²) in [6.45, 7) is -0.0995. The van der Waals surface area contributed by atoms with Crippen molar-refractivity contribution in [3.8, 4) is 0 Å². The van der Waals surface area contributed by atoms with E-state index in [1.165, 1.54) is 4.90 Å². The Balaban J connectivity index is 1.70. The number of ether oxygens (including phenoxy) is 1. The van der Waals surface area contributed by atoms with Gasteiger partial charge in [0.1, 0.15) is 17.2 Å². The fourth-order valence-electron chi connectivity index (χ4n) is 2.40. The number of fused-ring (bicyclic) bond motifs is 1. The van der Waals surface area contributed by atoms with Gasteiger partial charge in [0.2, 0.25) is 0 Å². The van der Waals surface area contributed by atoms with Gasteiger partial charge in [0, 0.05) is 17.2 Å². The molecule has 7 heteroatoms. The van der Waals surface area contributed by atoms with Gasteiger partial charge in [-0.05, 0) is 24.3 Å². The Morgan fingerprint density at radius 3 is 2.54 bits per heavy atom. The largest absolute Gasteiger partial charge is 0.452 e. The van der Waals surface area contributed by atoms with Crippen molar-refractivity contribution in [2.45, 2.75) is 4.90 Å². The number of amides is 1. The zero-order valence-corrected chi connectivity index (χ0v) is 13.3. The van der Waals surface area contributed by atoms with Crippen LogP contribution >= 0.6 is 11.8 Å². The predicted octanol–water partition coefficient (Wildman–Crippen LogP) is 3.26. The highest BCUT2D eigenvalue weighted by atomic mass is 32.2. The van der Waals surface area contributed by atoms with Crippen LogP contribution in [0.15, 0.2) is 47.4 Å². The second kappa shape index (κ2) is 7.00. The molecule has 0 unspecified atom stereocenters. The Morgan fingerprint density at radius 2 is 1.79 bits per heavy atom. The third-order valence-electron chi connectivity index (χ3n) is 3.52. The van der Waals surface area contributed by atoms with Gasteiger partial charge in [0.25, 0.3) is 5.91 Å². The lowest BCUT2D eigenvalue weighted by molar-refractivity contribution is -0.121. The van der Waals surface area contributed by atoms with Crippen molar-refractivity contribution in [2.24, 2.45) is 0 Å². The van der Waals surface area contributed by atoms with Gasteiger partial charge in [0.05, 0.1) is 5.69 Å². The SMILES string of the molecule is O=C(OCC(=O)N1CCSc2ccccc21)c1c(F)cccc1F. The summed E-state index contributed by atoms with van der Waals surface area (Å²) in [5.74, 6) is -2.95. The van der Waals surface area contributed by atoms with E-state index in [9.17, 15) is 18.4 Å². The van der Waals surface area contributed by atoms with Crippen molar-refractivity contribution < 1.29 is 23.1 Å². The highest BCUT2D eigenvalue weighted by molar-refractivity contribution is 7.99. The smallest absolute Gasteiger partial charge is 0.344 e. The molecule has 1 aliphatic rings. The lowest BCUT2D eigenvalue weighted by atomic mass is 10.2. The van der Waals surface area contributed by atoms with Gasteiger partial charge in [-0.15, -0.1) is 11.8 Å². The molecule has 1 amide bonds. The van der Waals surface area contributed by atoms with E-state index < -0.39 is 35.7 Å². The van der Waals surface area contributed by atoms with Gasteiger partial charge in [-0.3, -0.25) is 4.79 Å². The molecule has 24 heavy (non-hydrogen) atoms. The summed E-state index contributed by atoms with van der Waals surface area (Å²) in [7, 11) is 0. The Morgan fingerprint density at radius 1 is 1.08 bits per heavy atom. The number of hydrogen-bond acceptors (Lipinski definition) is 4. The third kappa shape index (κ3) is 3.26. The van der Waals surface area contributed by atoms with Crippen LogP contribution in [0.4, 0.5) is 14.5 Å². The molecule has 1 heterocycles. The van der Waals surface area contributed by atoms with Gasteiger partial charge >= 0.3 is 5.97 Å². The van der Waals surface area contributed by atoms with Crippen LogP contribution in [0.25, 0.3) is 0 Å². The molecule has 0 spiro atoms. The highest BCUT2D eigenvalue weighted by Crippen LogP contribution is 2.34. The lowest BCUT2D eigenvalue weighted by Gasteiger charge is -2.28. The molecule has 3 rings (SSSR count). The number of carbonyl (C=O) groups excluding carboxylic acids is 2. The molecule has 0 radical (unpaired) electrons. The van der Waals surface area contributed by atoms with E-state index in [-0.39, 0.29) is 0 Å². The van der Waals surface area contributed by atoms with Crippen molar-refractivity contribution in [3.05, 3.63) is 59.7 Å². The molecule has 0 saturated heterocycles. The van der Waals surface area contributed by atoms with Crippen molar-refractivity contribution >= 4 is 29.3 Å². The van der Waals surface area contributed by atoms with E-state index >= 15 is 0 Å². The number of anilines is 1. The monoisotopic (exact) mass is 349 g/mol. The molecule has 0 bridgehead atoms. The lowest BCUT2D eigenvalue weighted by Crippen LogP contribution is -2.38. The molecule has 124 valence electrons. The normalized spacial score (nSPS) is 13.3. The predicted molar refractivity (Wildman–Crippen MR) is 86.2 cm³/mol. The van der Waals surface area contributed by atoms with Crippen LogP contribution in [-0.2, 0) is 9.53 Å². The number of para-hydroxylation sites is 1. The fraction of sp³-hybridized carbons (Fsp3) is 0.176. The number of rotatable bonds is 3. The Kier molecular flexibility index (Phi) is 4.80. The average Bonchev–Trinajstić information content (AvgIpc) is 2.59. The maximum Gasteiger partial charge on any atom is 0.344 e. The second-order valence-electron chi connectivity index (χ2n) is 5.03. The molecule has 0 aliphatic carbocycles. The summed E-state index contributed by atoms with van der Waals surface area (Å²) < 4.78 is 31.9. The van der Waals surface area contributed by atoms with Crippen LogP contribution in [0.1, 0.15) is 10.4 Å². The molecule has 1 aliphatic heterocycles. The minimum absolute atomic E-state index is 0.437. The van der Waals surface area contributed by atoms with Gasteiger partial charge in [-0.25, -0.2) is 13.6 Å². The van der Waals surface area contributed by atoms with Crippen LogP contribution in [0, 0.1) is 11.6 Å².